The van der Waals surface area contributed by atoms with Gasteiger partial charge in [-0.05, 0) is 40.9 Å². The van der Waals surface area contributed by atoms with Crippen LogP contribution in [0.15, 0.2) is 22.8 Å². The summed E-state index contributed by atoms with van der Waals surface area (Å²) in [6.07, 6.45) is 4.09. The lowest BCUT2D eigenvalue weighted by Gasteiger charge is -2.02. The van der Waals surface area contributed by atoms with Crippen molar-refractivity contribution in [3.63, 3.8) is 0 Å². The number of benzene rings is 1. The molecular formula is C10H8BrFN2. The van der Waals surface area contributed by atoms with Gasteiger partial charge in [0.15, 0.2) is 0 Å². The molecule has 1 saturated carbocycles. The number of fused-ring (bicyclic) bond motifs is 1. The van der Waals surface area contributed by atoms with Crippen molar-refractivity contribution in [3.05, 3.63) is 28.6 Å². The van der Waals surface area contributed by atoms with Crippen molar-refractivity contribution in [3.8, 4) is 0 Å². The van der Waals surface area contributed by atoms with Crippen molar-refractivity contribution in [2.24, 2.45) is 0 Å². The second-order valence-electron chi connectivity index (χ2n) is 3.62. The lowest BCUT2D eigenvalue weighted by atomic mass is 10.2. The molecule has 0 aliphatic heterocycles. The van der Waals surface area contributed by atoms with Crippen molar-refractivity contribution in [1.29, 1.82) is 0 Å². The van der Waals surface area contributed by atoms with Crippen LogP contribution in [0.2, 0.25) is 0 Å². The Kier molecular flexibility index (Phi) is 1.68. The molecule has 72 valence electrons. The molecule has 1 fully saturated rings. The van der Waals surface area contributed by atoms with Crippen LogP contribution in [0.25, 0.3) is 10.9 Å². The fourth-order valence-electron chi connectivity index (χ4n) is 1.67. The van der Waals surface area contributed by atoms with Crippen molar-refractivity contribution >= 4 is 26.8 Å². The maximum absolute atomic E-state index is 13.3. The van der Waals surface area contributed by atoms with Crippen LogP contribution < -0.4 is 0 Å². The van der Waals surface area contributed by atoms with Gasteiger partial charge < -0.3 is 0 Å². The van der Waals surface area contributed by atoms with E-state index < -0.39 is 0 Å². The van der Waals surface area contributed by atoms with E-state index in [-0.39, 0.29) is 5.82 Å². The summed E-state index contributed by atoms with van der Waals surface area (Å²) in [6.45, 7) is 0. The lowest BCUT2D eigenvalue weighted by molar-refractivity contribution is 0.616. The number of hydrogen-bond acceptors (Lipinski definition) is 1. The summed E-state index contributed by atoms with van der Waals surface area (Å²) in [4.78, 5) is 0. The Morgan fingerprint density at radius 1 is 1.43 bits per heavy atom. The van der Waals surface area contributed by atoms with Gasteiger partial charge in [-0.25, -0.2) is 4.39 Å². The smallest absolute Gasteiger partial charge is 0.139 e. The zero-order valence-electron chi connectivity index (χ0n) is 7.37. The first-order valence-electron chi connectivity index (χ1n) is 4.58. The first-order valence-corrected chi connectivity index (χ1v) is 5.38. The first-order chi connectivity index (χ1) is 6.77. The molecule has 2 nitrogen and oxygen atoms in total. The summed E-state index contributed by atoms with van der Waals surface area (Å²) in [7, 11) is 0. The average molecular weight is 255 g/mol. The molecule has 1 aromatic carbocycles. The minimum atomic E-state index is -0.222. The number of rotatable bonds is 1. The Bertz CT molecular complexity index is 502. The highest BCUT2D eigenvalue weighted by atomic mass is 79.9. The van der Waals surface area contributed by atoms with Crippen molar-refractivity contribution < 1.29 is 4.39 Å². The van der Waals surface area contributed by atoms with E-state index in [0.717, 1.165) is 23.7 Å². The van der Waals surface area contributed by atoms with Gasteiger partial charge in [0, 0.05) is 5.39 Å². The normalized spacial score (nSPS) is 16.4. The highest BCUT2D eigenvalue weighted by Gasteiger charge is 2.27. The molecule has 2 aromatic rings. The van der Waals surface area contributed by atoms with Crippen molar-refractivity contribution in [2.75, 3.05) is 0 Å². The summed E-state index contributed by atoms with van der Waals surface area (Å²) in [5.41, 5.74) is 0.882. The number of aromatic nitrogens is 2. The molecule has 1 aliphatic carbocycles. The molecule has 3 rings (SSSR count). The van der Waals surface area contributed by atoms with Gasteiger partial charge in [-0.1, -0.05) is 0 Å². The van der Waals surface area contributed by atoms with Gasteiger partial charge in [-0.3, -0.25) is 4.68 Å². The Hall–Kier alpha value is -0.900. The van der Waals surface area contributed by atoms with Gasteiger partial charge in [-0.2, -0.15) is 5.10 Å². The van der Waals surface area contributed by atoms with Crippen LogP contribution in [0.1, 0.15) is 18.9 Å². The van der Waals surface area contributed by atoms with E-state index in [2.05, 4.69) is 21.0 Å². The fourth-order valence-corrected chi connectivity index (χ4v) is 2.21. The monoisotopic (exact) mass is 254 g/mol. The third-order valence-corrected chi connectivity index (χ3v) is 3.30. The highest BCUT2D eigenvalue weighted by Crippen LogP contribution is 2.38. The summed E-state index contributed by atoms with van der Waals surface area (Å²) in [5.74, 6) is -0.222. The summed E-state index contributed by atoms with van der Waals surface area (Å²) < 4.78 is 15.7. The van der Waals surface area contributed by atoms with Gasteiger partial charge in [0.25, 0.3) is 0 Å². The lowest BCUT2D eigenvalue weighted by Crippen LogP contribution is -1.96. The van der Waals surface area contributed by atoms with E-state index in [0.29, 0.717) is 10.5 Å². The molecule has 1 aromatic heterocycles. The first kappa shape index (κ1) is 8.41. The topological polar surface area (TPSA) is 17.8 Å². The van der Waals surface area contributed by atoms with Gasteiger partial charge in [0.1, 0.15) is 5.82 Å². The zero-order valence-corrected chi connectivity index (χ0v) is 8.96. The highest BCUT2D eigenvalue weighted by molar-refractivity contribution is 9.10. The van der Waals surface area contributed by atoms with E-state index in [9.17, 15) is 4.39 Å². The SMILES string of the molecule is Fc1ccc2cnn(C3CC3)c2c1Br. The van der Waals surface area contributed by atoms with Crippen LogP contribution in [0.3, 0.4) is 0 Å². The summed E-state index contributed by atoms with van der Waals surface area (Å²) >= 11 is 3.27. The third kappa shape index (κ3) is 1.10. The van der Waals surface area contributed by atoms with Crippen molar-refractivity contribution in [1.82, 2.24) is 9.78 Å². The van der Waals surface area contributed by atoms with Crippen LogP contribution in [0, 0.1) is 5.82 Å². The maximum atomic E-state index is 13.3. The Balaban J connectivity index is 2.36. The minimum Gasteiger partial charge on any atom is -0.261 e. The Morgan fingerprint density at radius 3 is 2.93 bits per heavy atom. The van der Waals surface area contributed by atoms with Crippen LogP contribution >= 0.6 is 15.9 Å². The van der Waals surface area contributed by atoms with Crippen molar-refractivity contribution in [2.45, 2.75) is 18.9 Å². The number of nitrogens with zero attached hydrogens (tertiary/aromatic N) is 2. The van der Waals surface area contributed by atoms with Crippen LogP contribution in [-0.4, -0.2) is 9.78 Å². The molecule has 0 atom stereocenters. The molecule has 0 radical (unpaired) electrons. The molecule has 0 spiro atoms. The number of halogens is 2. The molecule has 1 aliphatic rings. The molecule has 0 saturated heterocycles. The van der Waals surface area contributed by atoms with Gasteiger partial charge in [-0.15, -0.1) is 0 Å². The second kappa shape index (κ2) is 2.79. The molecule has 0 amide bonds. The number of hydrogen-bond donors (Lipinski definition) is 0. The Labute approximate surface area is 88.8 Å². The van der Waals surface area contributed by atoms with Gasteiger partial charge in [0.05, 0.1) is 22.2 Å². The van der Waals surface area contributed by atoms with Gasteiger partial charge in [0.2, 0.25) is 0 Å². The Morgan fingerprint density at radius 2 is 2.21 bits per heavy atom. The minimum absolute atomic E-state index is 0.222. The molecular weight excluding hydrogens is 247 g/mol. The summed E-state index contributed by atoms with van der Waals surface area (Å²) in [6, 6.07) is 3.71. The fraction of sp³-hybridized carbons (Fsp3) is 0.300. The summed E-state index contributed by atoms with van der Waals surface area (Å²) in [5, 5.41) is 5.27. The molecule has 1 heterocycles. The molecule has 0 N–H and O–H groups in total. The molecule has 14 heavy (non-hydrogen) atoms. The largest absolute Gasteiger partial charge is 0.261 e. The van der Waals surface area contributed by atoms with Crippen LogP contribution in [0.5, 0.6) is 0 Å². The quantitative estimate of drug-likeness (QED) is 0.764. The van der Waals surface area contributed by atoms with E-state index in [1.54, 1.807) is 12.3 Å². The molecule has 0 bridgehead atoms. The predicted molar refractivity (Wildman–Crippen MR) is 55.7 cm³/mol. The third-order valence-electron chi connectivity index (χ3n) is 2.54. The van der Waals surface area contributed by atoms with Crippen LogP contribution in [0.4, 0.5) is 4.39 Å². The zero-order chi connectivity index (χ0) is 9.71. The van der Waals surface area contributed by atoms with Crippen LogP contribution in [-0.2, 0) is 0 Å². The standard InChI is InChI=1S/C10H8BrFN2/c11-9-8(12)4-1-6-5-13-14(10(6)9)7-2-3-7/h1,4-5,7H,2-3H2. The molecule has 0 unspecified atom stereocenters. The van der Waals surface area contributed by atoms with E-state index in [1.165, 1.54) is 6.07 Å². The maximum Gasteiger partial charge on any atom is 0.139 e. The second-order valence-corrected chi connectivity index (χ2v) is 4.41. The van der Waals surface area contributed by atoms with E-state index >= 15 is 0 Å². The molecule has 4 heteroatoms. The predicted octanol–water partition coefficient (Wildman–Crippen LogP) is 3.27. The van der Waals surface area contributed by atoms with E-state index in [4.69, 9.17) is 0 Å². The van der Waals surface area contributed by atoms with E-state index in [1.807, 2.05) is 4.68 Å². The average Bonchev–Trinajstić information content (AvgIpc) is 2.93. The van der Waals surface area contributed by atoms with Gasteiger partial charge >= 0.3 is 0 Å².